The number of aryl methyl sites for hydroxylation is 1. The Labute approximate surface area is 232 Å². The van der Waals surface area contributed by atoms with Crippen LogP contribution in [0.1, 0.15) is 66.7 Å². The average molecular weight is 542 g/mol. The molecule has 1 saturated carbocycles. The van der Waals surface area contributed by atoms with Gasteiger partial charge in [-0.2, -0.15) is 0 Å². The summed E-state index contributed by atoms with van der Waals surface area (Å²) in [5, 5.41) is 14.1. The lowest BCUT2D eigenvalue weighted by Gasteiger charge is -2.40. The molecule has 7 rings (SSSR count). The number of ether oxygens (including phenoxy) is 2. The number of nitrogens with zero attached hydrogens (tertiary/aromatic N) is 6. The van der Waals surface area contributed by atoms with Crippen LogP contribution in [0.3, 0.4) is 0 Å². The predicted molar refractivity (Wildman–Crippen MR) is 152 cm³/mol. The van der Waals surface area contributed by atoms with Gasteiger partial charge in [0.15, 0.2) is 17.3 Å². The van der Waals surface area contributed by atoms with Crippen LogP contribution in [-0.4, -0.2) is 63.1 Å². The van der Waals surface area contributed by atoms with E-state index in [1.165, 1.54) is 36.1 Å². The molecule has 2 aromatic carbocycles. The molecule has 1 atom stereocenters. The molecule has 208 valence electrons. The third-order valence-electron chi connectivity index (χ3n) is 8.94. The summed E-state index contributed by atoms with van der Waals surface area (Å²) < 4.78 is 13.2. The molecule has 40 heavy (non-hydrogen) atoms. The largest absolute Gasteiger partial charge is 0.454 e. The van der Waals surface area contributed by atoms with Gasteiger partial charge in [-0.25, -0.2) is 4.68 Å². The highest BCUT2D eigenvalue weighted by molar-refractivity contribution is 5.83. The van der Waals surface area contributed by atoms with E-state index >= 15 is 0 Å². The Morgan fingerprint density at radius 2 is 1.75 bits per heavy atom. The third-order valence-corrected chi connectivity index (χ3v) is 8.94. The van der Waals surface area contributed by atoms with E-state index in [0.717, 1.165) is 55.7 Å². The van der Waals surface area contributed by atoms with Crippen molar-refractivity contribution in [2.24, 2.45) is 0 Å². The summed E-state index contributed by atoms with van der Waals surface area (Å²) in [7, 11) is 0. The molecule has 1 saturated heterocycles. The molecule has 1 N–H and O–H groups in total. The van der Waals surface area contributed by atoms with Crippen LogP contribution in [0.15, 0.2) is 41.2 Å². The Balaban J connectivity index is 1.28. The predicted octanol–water partition coefficient (Wildman–Crippen LogP) is 4.28. The third kappa shape index (κ3) is 4.40. The van der Waals surface area contributed by atoms with Crippen LogP contribution in [0.25, 0.3) is 10.9 Å². The van der Waals surface area contributed by atoms with Gasteiger partial charge in [0.05, 0.1) is 11.6 Å². The molecule has 4 aromatic rings. The average Bonchev–Trinajstić information content (AvgIpc) is 3.64. The first kappa shape index (κ1) is 25.1. The molecular weight excluding hydrogens is 506 g/mol. The molecule has 10 heteroatoms. The quantitative estimate of drug-likeness (QED) is 0.400. The number of hydrogen-bond donors (Lipinski definition) is 1. The van der Waals surface area contributed by atoms with Crippen molar-refractivity contribution < 1.29 is 9.47 Å². The molecule has 10 nitrogen and oxygen atoms in total. The Morgan fingerprint density at radius 1 is 0.975 bits per heavy atom. The summed E-state index contributed by atoms with van der Waals surface area (Å²) in [5.74, 6) is 2.09. The standard InChI is InChI=1S/C30H35N7O3/c1-19-7-6-10-25(20(19)2)35-11-13-36(14-12-35)28(29-32-33-34-37(29)22-8-4-3-5-9-22)23-15-21-16-26-27(40-18-39-26)17-24(21)31-30(23)38/h6-7,10,15-17,22,28H,3-5,8-9,11-14,18H2,1-2H3,(H,31,38)/t28-/m1/s1. The SMILES string of the molecule is Cc1cccc(N2CCN([C@H](c3cc4cc5c(cc4[nH]c3=O)OCO5)c3nnnn3C3CCCCC3)CC2)c1C. The van der Waals surface area contributed by atoms with Crippen LogP contribution in [-0.2, 0) is 0 Å². The second-order valence-corrected chi connectivity index (χ2v) is 11.3. The van der Waals surface area contributed by atoms with E-state index in [4.69, 9.17) is 9.47 Å². The van der Waals surface area contributed by atoms with Crippen molar-refractivity contribution in [3.05, 3.63) is 69.3 Å². The number of fused-ring (bicyclic) bond motifs is 2. The van der Waals surface area contributed by atoms with Gasteiger partial charge < -0.3 is 19.4 Å². The maximum absolute atomic E-state index is 13.7. The van der Waals surface area contributed by atoms with Gasteiger partial charge in [-0.3, -0.25) is 9.69 Å². The molecule has 2 aliphatic heterocycles. The van der Waals surface area contributed by atoms with Crippen LogP contribution in [0, 0.1) is 13.8 Å². The maximum Gasteiger partial charge on any atom is 0.253 e. The van der Waals surface area contributed by atoms with Gasteiger partial charge in [-0.05, 0) is 66.4 Å². The summed E-state index contributed by atoms with van der Waals surface area (Å²) in [6.07, 6.45) is 5.71. The minimum Gasteiger partial charge on any atom is -0.454 e. The van der Waals surface area contributed by atoms with Crippen molar-refractivity contribution in [1.82, 2.24) is 30.1 Å². The lowest BCUT2D eigenvalue weighted by Crippen LogP contribution is -2.49. The Morgan fingerprint density at radius 3 is 2.55 bits per heavy atom. The van der Waals surface area contributed by atoms with Crippen molar-refractivity contribution in [3.63, 3.8) is 0 Å². The monoisotopic (exact) mass is 541 g/mol. The second-order valence-electron chi connectivity index (χ2n) is 11.3. The van der Waals surface area contributed by atoms with Crippen LogP contribution in [0.2, 0.25) is 0 Å². The molecule has 0 bridgehead atoms. The normalized spacial score (nSPS) is 18.9. The van der Waals surface area contributed by atoms with Gasteiger partial charge in [0.25, 0.3) is 5.56 Å². The van der Waals surface area contributed by atoms with Crippen LogP contribution in [0.4, 0.5) is 5.69 Å². The number of piperazine rings is 1. The van der Waals surface area contributed by atoms with E-state index in [-0.39, 0.29) is 24.4 Å². The number of H-pyrrole nitrogens is 1. The number of pyridine rings is 1. The molecule has 0 spiro atoms. The van der Waals surface area contributed by atoms with Crippen LogP contribution < -0.4 is 19.9 Å². The summed E-state index contributed by atoms with van der Waals surface area (Å²) in [6.45, 7) is 7.83. The lowest BCUT2D eigenvalue weighted by atomic mass is 9.95. The van der Waals surface area contributed by atoms with Gasteiger partial charge in [0, 0.05) is 48.9 Å². The zero-order valence-corrected chi connectivity index (χ0v) is 23.1. The summed E-state index contributed by atoms with van der Waals surface area (Å²) in [5.41, 5.74) is 5.14. The van der Waals surface area contributed by atoms with Crippen LogP contribution >= 0.6 is 0 Å². The van der Waals surface area contributed by atoms with Gasteiger partial charge in [-0.1, -0.05) is 31.4 Å². The Kier molecular flexibility index (Phi) is 6.42. The highest BCUT2D eigenvalue weighted by atomic mass is 16.7. The first-order chi connectivity index (χ1) is 19.6. The van der Waals surface area contributed by atoms with E-state index in [9.17, 15) is 4.79 Å². The van der Waals surface area contributed by atoms with E-state index in [1.54, 1.807) is 0 Å². The van der Waals surface area contributed by atoms with E-state index in [0.29, 0.717) is 17.1 Å². The topological polar surface area (TPSA) is 101 Å². The van der Waals surface area contributed by atoms with Crippen molar-refractivity contribution in [2.75, 3.05) is 37.9 Å². The zero-order valence-electron chi connectivity index (χ0n) is 23.1. The van der Waals surface area contributed by atoms with Gasteiger partial charge in [0.1, 0.15) is 6.04 Å². The maximum atomic E-state index is 13.7. The molecule has 0 amide bonds. The molecule has 4 heterocycles. The van der Waals surface area contributed by atoms with E-state index in [2.05, 4.69) is 62.4 Å². The summed E-state index contributed by atoms with van der Waals surface area (Å²) in [4.78, 5) is 21.7. The fourth-order valence-corrected chi connectivity index (χ4v) is 6.58. The zero-order chi connectivity index (χ0) is 27.2. The lowest BCUT2D eigenvalue weighted by molar-refractivity contribution is 0.174. The number of tetrazole rings is 1. The molecular formula is C30H35N7O3. The molecule has 0 radical (unpaired) electrons. The number of benzene rings is 2. The Hall–Kier alpha value is -3.92. The fourth-order valence-electron chi connectivity index (χ4n) is 6.58. The minimum atomic E-state index is -0.365. The van der Waals surface area contributed by atoms with Gasteiger partial charge in [-0.15, -0.1) is 5.10 Å². The summed E-state index contributed by atoms with van der Waals surface area (Å²) >= 11 is 0. The van der Waals surface area contributed by atoms with E-state index in [1.807, 2.05) is 22.9 Å². The molecule has 1 aliphatic carbocycles. The number of nitrogens with one attached hydrogen (secondary N) is 1. The Bertz CT molecular complexity index is 1600. The van der Waals surface area contributed by atoms with Crippen molar-refractivity contribution in [3.8, 4) is 11.5 Å². The second kappa shape index (κ2) is 10.2. The number of rotatable bonds is 5. The van der Waals surface area contributed by atoms with Crippen LogP contribution in [0.5, 0.6) is 11.5 Å². The van der Waals surface area contributed by atoms with Crippen molar-refractivity contribution in [2.45, 2.75) is 58.0 Å². The first-order valence-corrected chi connectivity index (χ1v) is 14.4. The molecule has 2 fully saturated rings. The van der Waals surface area contributed by atoms with Crippen molar-refractivity contribution in [1.29, 1.82) is 0 Å². The highest BCUT2D eigenvalue weighted by Gasteiger charge is 2.35. The number of anilines is 1. The van der Waals surface area contributed by atoms with Gasteiger partial charge >= 0.3 is 0 Å². The van der Waals surface area contributed by atoms with Gasteiger partial charge in [0.2, 0.25) is 6.79 Å². The highest BCUT2D eigenvalue weighted by Crippen LogP contribution is 2.37. The number of aromatic amines is 1. The number of aromatic nitrogens is 5. The number of hydrogen-bond acceptors (Lipinski definition) is 8. The minimum absolute atomic E-state index is 0.133. The molecule has 2 aromatic heterocycles. The molecule has 3 aliphatic rings. The first-order valence-electron chi connectivity index (χ1n) is 14.4. The van der Waals surface area contributed by atoms with Crippen molar-refractivity contribution >= 4 is 16.6 Å². The molecule has 0 unspecified atom stereocenters. The van der Waals surface area contributed by atoms with E-state index < -0.39 is 0 Å². The fraction of sp³-hybridized carbons (Fsp3) is 0.467. The smallest absolute Gasteiger partial charge is 0.253 e. The summed E-state index contributed by atoms with van der Waals surface area (Å²) in [6, 6.07) is 12.2.